The molecule has 5 heteroatoms. The predicted octanol–water partition coefficient (Wildman–Crippen LogP) is 0.828. The van der Waals surface area contributed by atoms with Crippen molar-refractivity contribution in [3.05, 3.63) is 23.3 Å². The molecule has 1 aromatic carbocycles. The molecular weight excluding hydrogens is 218 g/mol. The zero-order valence-corrected chi connectivity index (χ0v) is 9.75. The number of carbonyl (C=O) groups excluding carboxylic acids is 1. The van der Waals surface area contributed by atoms with Crippen molar-refractivity contribution in [3.63, 3.8) is 0 Å². The van der Waals surface area contributed by atoms with E-state index < -0.39 is 0 Å². The minimum atomic E-state index is -0.0470. The molecule has 5 nitrogen and oxygen atoms in total. The number of hydrogen-bond acceptors (Lipinski definition) is 3. The fraction of sp³-hybridized carbons (Fsp3) is 0.417. The molecule has 0 radical (unpaired) electrons. The van der Waals surface area contributed by atoms with Crippen LogP contribution < -0.4 is 20.3 Å². The van der Waals surface area contributed by atoms with Crippen LogP contribution in [0.25, 0.3) is 0 Å². The molecule has 0 unspecified atom stereocenters. The van der Waals surface area contributed by atoms with Gasteiger partial charge in [-0.25, -0.2) is 4.79 Å². The molecule has 0 spiro atoms. The van der Waals surface area contributed by atoms with E-state index in [9.17, 15) is 4.79 Å². The largest absolute Gasteiger partial charge is 0.495 e. The second-order valence-electron chi connectivity index (χ2n) is 4.28. The highest BCUT2D eigenvalue weighted by Gasteiger charge is 2.26. The number of benzene rings is 1. The molecule has 1 aromatic rings. The summed E-state index contributed by atoms with van der Waals surface area (Å²) in [5.74, 6) is 0.768. The van der Waals surface area contributed by atoms with Gasteiger partial charge in [-0.2, -0.15) is 0 Å². The van der Waals surface area contributed by atoms with Crippen LogP contribution in [-0.2, 0) is 13.1 Å². The second kappa shape index (κ2) is 3.92. The van der Waals surface area contributed by atoms with Crippen molar-refractivity contribution in [1.29, 1.82) is 0 Å². The Morgan fingerprint density at radius 2 is 2.06 bits per heavy atom. The number of amides is 2. The number of hydrogen-bond donors (Lipinski definition) is 2. The average molecular weight is 233 g/mol. The molecule has 2 amide bonds. The van der Waals surface area contributed by atoms with Crippen molar-refractivity contribution in [3.8, 4) is 5.75 Å². The Balaban J connectivity index is 2.05. The fourth-order valence-electron chi connectivity index (χ4n) is 2.39. The van der Waals surface area contributed by atoms with Gasteiger partial charge in [0.1, 0.15) is 5.75 Å². The summed E-state index contributed by atoms with van der Waals surface area (Å²) in [6.45, 7) is 3.12. The van der Waals surface area contributed by atoms with E-state index in [-0.39, 0.29) is 6.03 Å². The van der Waals surface area contributed by atoms with Gasteiger partial charge in [0, 0.05) is 26.2 Å². The van der Waals surface area contributed by atoms with Gasteiger partial charge in [0.15, 0.2) is 0 Å². The summed E-state index contributed by atoms with van der Waals surface area (Å²) in [7, 11) is 1.64. The number of rotatable bonds is 2. The first kappa shape index (κ1) is 10.4. The van der Waals surface area contributed by atoms with Crippen LogP contribution in [0.15, 0.2) is 12.1 Å². The van der Waals surface area contributed by atoms with Crippen molar-refractivity contribution in [1.82, 2.24) is 10.6 Å². The highest BCUT2D eigenvalue weighted by atomic mass is 16.5. The number of nitrogens with zero attached hydrogens (tertiary/aromatic N) is 1. The van der Waals surface area contributed by atoms with Crippen LogP contribution in [-0.4, -0.2) is 26.2 Å². The van der Waals surface area contributed by atoms with Crippen LogP contribution in [0, 0.1) is 0 Å². The number of nitrogens with one attached hydrogen (secondary N) is 2. The SMILES string of the molecule is COc1cc2c(cc1N1CCNC1=O)CNC2. The maximum atomic E-state index is 11.7. The summed E-state index contributed by atoms with van der Waals surface area (Å²) in [6, 6.07) is 4.03. The number of ether oxygens (including phenoxy) is 1. The molecule has 1 saturated heterocycles. The standard InChI is InChI=1S/C12H15N3O2/c1-17-11-5-9-7-13-6-8(9)4-10(11)15-3-2-14-12(15)16/h4-5,13H,2-3,6-7H2,1H3,(H,14,16). The maximum absolute atomic E-state index is 11.7. The van der Waals surface area contributed by atoms with E-state index in [1.807, 2.05) is 6.07 Å². The number of fused-ring (bicyclic) bond motifs is 1. The highest BCUT2D eigenvalue weighted by molar-refractivity contribution is 5.95. The molecule has 3 rings (SSSR count). The molecule has 0 saturated carbocycles. The third-order valence-corrected chi connectivity index (χ3v) is 3.28. The lowest BCUT2D eigenvalue weighted by atomic mass is 10.1. The van der Waals surface area contributed by atoms with Crippen LogP contribution in [0.1, 0.15) is 11.1 Å². The Hall–Kier alpha value is -1.75. The lowest BCUT2D eigenvalue weighted by Crippen LogP contribution is -2.28. The monoisotopic (exact) mass is 233 g/mol. The van der Waals surface area contributed by atoms with Gasteiger partial charge in [0.05, 0.1) is 12.8 Å². The number of urea groups is 1. The van der Waals surface area contributed by atoms with E-state index in [4.69, 9.17) is 4.74 Å². The van der Waals surface area contributed by atoms with Crippen LogP contribution in [0.2, 0.25) is 0 Å². The minimum Gasteiger partial charge on any atom is -0.495 e. The van der Waals surface area contributed by atoms with Crippen molar-refractivity contribution in [2.45, 2.75) is 13.1 Å². The van der Waals surface area contributed by atoms with E-state index in [2.05, 4.69) is 16.7 Å². The summed E-state index contributed by atoms with van der Waals surface area (Å²) in [4.78, 5) is 13.4. The van der Waals surface area contributed by atoms with Crippen molar-refractivity contribution >= 4 is 11.7 Å². The van der Waals surface area contributed by atoms with E-state index in [0.29, 0.717) is 13.1 Å². The van der Waals surface area contributed by atoms with Gasteiger partial charge in [-0.15, -0.1) is 0 Å². The van der Waals surface area contributed by atoms with Crippen molar-refractivity contribution < 1.29 is 9.53 Å². The predicted molar refractivity (Wildman–Crippen MR) is 64.3 cm³/mol. The molecule has 0 aromatic heterocycles. The van der Waals surface area contributed by atoms with E-state index in [1.54, 1.807) is 12.0 Å². The Bertz CT molecular complexity index is 473. The zero-order valence-electron chi connectivity index (χ0n) is 9.75. The van der Waals surface area contributed by atoms with Gasteiger partial charge < -0.3 is 15.4 Å². The van der Waals surface area contributed by atoms with Crippen molar-refractivity contribution in [2.75, 3.05) is 25.1 Å². The molecule has 1 fully saturated rings. The van der Waals surface area contributed by atoms with Gasteiger partial charge in [0.25, 0.3) is 0 Å². The molecule has 0 atom stereocenters. The van der Waals surface area contributed by atoms with Gasteiger partial charge in [-0.05, 0) is 23.3 Å². The third-order valence-electron chi connectivity index (χ3n) is 3.28. The van der Waals surface area contributed by atoms with Gasteiger partial charge in [-0.1, -0.05) is 0 Å². The topological polar surface area (TPSA) is 53.6 Å². The first-order chi connectivity index (χ1) is 8.29. The molecule has 90 valence electrons. The summed E-state index contributed by atoms with van der Waals surface area (Å²) < 4.78 is 5.38. The smallest absolute Gasteiger partial charge is 0.322 e. The van der Waals surface area contributed by atoms with Crippen LogP contribution in [0.3, 0.4) is 0 Å². The van der Waals surface area contributed by atoms with E-state index in [1.165, 1.54) is 11.1 Å². The average Bonchev–Trinajstić information content (AvgIpc) is 2.94. The molecule has 0 aliphatic carbocycles. The van der Waals surface area contributed by atoms with Gasteiger partial charge in [0.2, 0.25) is 0 Å². The Morgan fingerprint density at radius 3 is 2.71 bits per heavy atom. The van der Waals surface area contributed by atoms with Crippen molar-refractivity contribution in [2.24, 2.45) is 0 Å². The number of anilines is 1. The first-order valence-corrected chi connectivity index (χ1v) is 5.75. The van der Waals surface area contributed by atoms with Gasteiger partial charge in [-0.3, -0.25) is 4.90 Å². The number of carbonyl (C=O) groups is 1. The van der Waals surface area contributed by atoms with Crippen LogP contribution in [0.5, 0.6) is 5.75 Å². The lowest BCUT2D eigenvalue weighted by molar-refractivity contribution is 0.252. The lowest BCUT2D eigenvalue weighted by Gasteiger charge is -2.19. The summed E-state index contributed by atoms with van der Waals surface area (Å²) in [5, 5.41) is 6.10. The summed E-state index contributed by atoms with van der Waals surface area (Å²) in [6.07, 6.45) is 0. The Kier molecular flexibility index (Phi) is 2.40. The first-order valence-electron chi connectivity index (χ1n) is 5.75. The fourth-order valence-corrected chi connectivity index (χ4v) is 2.39. The molecule has 2 aliphatic rings. The Labute approximate surface area is 99.7 Å². The highest BCUT2D eigenvalue weighted by Crippen LogP contribution is 2.34. The van der Waals surface area contributed by atoms with E-state index in [0.717, 1.165) is 24.5 Å². The van der Waals surface area contributed by atoms with Crippen LogP contribution in [0.4, 0.5) is 10.5 Å². The molecule has 0 bridgehead atoms. The quantitative estimate of drug-likeness (QED) is 0.795. The maximum Gasteiger partial charge on any atom is 0.322 e. The zero-order chi connectivity index (χ0) is 11.8. The summed E-state index contributed by atoms with van der Waals surface area (Å²) >= 11 is 0. The molecule has 17 heavy (non-hydrogen) atoms. The van der Waals surface area contributed by atoms with Crippen LogP contribution >= 0.6 is 0 Å². The normalized spacial score (nSPS) is 18.2. The second-order valence-corrected chi connectivity index (χ2v) is 4.28. The third kappa shape index (κ3) is 1.63. The number of methoxy groups -OCH3 is 1. The Morgan fingerprint density at radius 1 is 1.29 bits per heavy atom. The molecule has 2 heterocycles. The molecular formula is C12H15N3O2. The molecule has 2 N–H and O–H groups in total. The summed E-state index contributed by atoms with van der Waals surface area (Å²) in [5.41, 5.74) is 3.37. The molecule has 2 aliphatic heterocycles. The van der Waals surface area contributed by atoms with E-state index >= 15 is 0 Å². The minimum absolute atomic E-state index is 0.0470. The van der Waals surface area contributed by atoms with Gasteiger partial charge >= 0.3 is 6.03 Å².